The number of ketones is 1. The smallest absolute Gasteiger partial charge is 0.414 e. The minimum absolute atomic E-state index is 0.0899. The van der Waals surface area contributed by atoms with Gasteiger partial charge in [0.2, 0.25) is 0 Å². The number of carbonyl (C=O) groups is 2. The number of rotatable bonds is 5. The van der Waals surface area contributed by atoms with Crippen molar-refractivity contribution in [1.29, 1.82) is 0 Å². The molecule has 1 rings (SSSR count). The van der Waals surface area contributed by atoms with E-state index in [2.05, 4.69) is 6.58 Å². The predicted octanol–water partition coefficient (Wildman–Crippen LogP) is 4.46. The van der Waals surface area contributed by atoms with Crippen LogP contribution in [0.1, 0.15) is 60.3 Å². The minimum atomic E-state index is -0.549. The van der Waals surface area contributed by atoms with Crippen LogP contribution in [0, 0.1) is 5.92 Å². The van der Waals surface area contributed by atoms with Gasteiger partial charge in [0, 0.05) is 24.2 Å². The first kappa shape index (κ1) is 18.5. The fraction of sp³-hybridized carbons (Fsp3) is 0.667. The van der Waals surface area contributed by atoms with E-state index in [9.17, 15) is 9.59 Å². The first-order chi connectivity index (χ1) is 10.2. The second kappa shape index (κ2) is 7.61. The standard InChI is InChI=1S/C18H29NO3/c1-7-8-9-10-14-11-15(20)12-16(13(2)3)19(14)17(21)22-18(4,5)6/h7,11,13,16H,1,8-10,12H2,2-6H3. The number of carbonyl (C=O) groups excluding carboxylic acids is 2. The Morgan fingerprint density at radius 2 is 2.14 bits per heavy atom. The lowest BCUT2D eigenvalue weighted by atomic mass is 9.92. The molecule has 1 heterocycles. The Kier molecular flexibility index (Phi) is 6.39. The average molecular weight is 307 g/mol. The summed E-state index contributed by atoms with van der Waals surface area (Å²) in [6.07, 6.45) is 5.87. The SMILES string of the molecule is C=CCCCC1=CC(=O)CC(C(C)C)N1C(=O)OC(C)(C)C. The van der Waals surface area contributed by atoms with Crippen molar-refractivity contribution in [2.75, 3.05) is 0 Å². The van der Waals surface area contributed by atoms with Crippen LogP contribution in [-0.2, 0) is 9.53 Å². The lowest BCUT2D eigenvalue weighted by molar-refractivity contribution is -0.117. The molecule has 0 spiro atoms. The number of allylic oxidation sites excluding steroid dienone is 3. The van der Waals surface area contributed by atoms with Crippen molar-refractivity contribution in [3.63, 3.8) is 0 Å². The van der Waals surface area contributed by atoms with Crippen LogP contribution in [0.4, 0.5) is 4.79 Å². The molecular weight excluding hydrogens is 278 g/mol. The summed E-state index contributed by atoms with van der Waals surface area (Å²) in [7, 11) is 0. The minimum Gasteiger partial charge on any atom is -0.443 e. The van der Waals surface area contributed by atoms with Crippen molar-refractivity contribution in [2.45, 2.75) is 71.9 Å². The summed E-state index contributed by atoms with van der Waals surface area (Å²) in [4.78, 5) is 26.3. The Morgan fingerprint density at radius 1 is 1.50 bits per heavy atom. The van der Waals surface area contributed by atoms with Crippen molar-refractivity contribution in [1.82, 2.24) is 4.90 Å². The largest absolute Gasteiger partial charge is 0.443 e. The van der Waals surface area contributed by atoms with Crippen molar-refractivity contribution >= 4 is 11.9 Å². The van der Waals surface area contributed by atoms with E-state index in [4.69, 9.17) is 4.74 Å². The molecule has 1 aliphatic rings. The lowest BCUT2D eigenvalue weighted by Crippen LogP contribution is -2.48. The fourth-order valence-corrected chi connectivity index (χ4v) is 2.54. The molecule has 0 aromatic rings. The van der Waals surface area contributed by atoms with Crippen LogP contribution in [-0.4, -0.2) is 28.4 Å². The molecule has 124 valence electrons. The highest BCUT2D eigenvalue weighted by Crippen LogP contribution is 2.29. The fourth-order valence-electron chi connectivity index (χ4n) is 2.54. The number of amides is 1. The van der Waals surface area contributed by atoms with E-state index in [0.717, 1.165) is 18.5 Å². The Balaban J connectivity index is 3.03. The van der Waals surface area contributed by atoms with Crippen LogP contribution in [0.15, 0.2) is 24.4 Å². The molecule has 4 nitrogen and oxygen atoms in total. The molecule has 0 radical (unpaired) electrons. The van der Waals surface area contributed by atoms with Gasteiger partial charge in [0.05, 0.1) is 0 Å². The van der Waals surface area contributed by atoms with E-state index in [-0.39, 0.29) is 23.8 Å². The predicted molar refractivity (Wildman–Crippen MR) is 88.5 cm³/mol. The molecule has 1 aliphatic heterocycles. The molecule has 0 aromatic carbocycles. The van der Waals surface area contributed by atoms with Gasteiger partial charge in [0.15, 0.2) is 5.78 Å². The summed E-state index contributed by atoms with van der Waals surface area (Å²) in [6, 6.07) is -0.133. The first-order valence-corrected chi connectivity index (χ1v) is 8.02. The number of nitrogens with zero attached hydrogens (tertiary/aromatic N) is 1. The molecule has 0 saturated carbocycles. The van der Waals surface area contributed by atoms with E-state index in [1.54, 1.807) is 11.0 Å². The Labute approximate surface area is 134 Å². The molecule has 0 saturated heterocycles. The lowest BCUT2D eigenvalue weighted by Gasteiger charge is -2.39. The third kappa shape index (κ3) is 5.32. The van der Waals surface area contributed by atoms with Crippen LogP contribution >= 0.6 is 0 Å². The third-order valence-corrected chi connectivity index (χ3v) is 3.58. The molecule has 1 unspecified atom stereocenters. The molecule has 4 heteroatoms. The molecule has 22 heavy (non-hydrogen) atoms. The molecule has 1 atom stereocenters. The monoisotopic (exact) mass is 307 g/mol. The quantitative estimate of drug-likeness (QED) is 0.556. The summed E-state index contributed by atoms with van der Waals surface area (Å²) in [5.41, 5.74) is 0.220. The van der Waals surface area contributed by atoms with Crippen LogP contribution in [0.5, 0.6) is 0 Å². The number of hydrogen-bond acceptors (Lipinski definition) is 3. The van der Waals surface area contributed by atoms with Crippen LogP contribution in [0.3, 0.4) is 0 Å². The second-order valence-corrected chi connectivity index (χ2v) is 7.15. The van der Waals surface area contributed by atoms with E-state index in [1.807, 2.05) is 40.7 Å². The molecule has 0 aliphatic carbocycles. The maximum Gasteiger partial charge on any atom is 0.414 e. The summed E-state index contributed by atoms with van der Waals surface area (Å²) >= 11 is 0. The molecule has 0 fully saturated rings. The van der Waals surface area contributed by atoms with Gasteiger partial charge >= 0.3 is 6.09 Å². The zero-order valence-electron chi connectivity index (χ0n) is 14.5. The first-order valence-electron chi connectivity index (χ1n) is 8.02. The van der Waals surface area contributed by atoms with Crippen LogP contribution < -0.4 is 0 Å². The summed E-state index contributed by atoms with van der Waals surface area (Å²) in [5, 5.41) is 0. The van der Waals surface area contributed by atoms with Gasteiger partial charge in [-0.2, -0.15) is 0 Å². The van der Waals surface area contributed by atoms with Gasteiger partial charge in [0.1, 0.15) is 5.60 Å². The topological polar surface area (TPSA) is 46.6 Å². The summed E-state index contributed by atoms with van der Waals surface area (Å²) in [6.45, 7) is 13.3. The molecular formula is C18H29NO3. The van der Waals surface area contributed by atoms with E-state index in [0.29, 0.717) is 12.8 Å². The van der Waals surface area contributed by atoms with Crippen LogP contribution in [0.2, 0.25) is 0 Å². The van der Waals surface area contributed by atoms with E-state index < -0.39 is 5.60 Å². The van der Waals surface area contributed by atoms with Gasteiger partial charge < -0.3 is 4.74 Å². The van der Waals surface area contributed by atoms with Crippen molar-refractivity contribution in [3.8, 4) is 0 Å². The maximum atomic E-state index is 12.6. The number of hydrogen-bond donors (Lipinski definition) is 0. The van der Waals surface area contributed by atoms with Crippen molar-refractivity contribution < 1.29 is 14.3 Å². The van der Waals surface area contributed by atoms with Gasteiger partial charge in [-0.25, -0.2) is 4.79 Å². The van der Waals surface area contributed by atoms with Gasteiger partial charge in [0.25, 0.3) is 0 Å². The maximum absolute atomic E-state index is 12.6. The van der Waals surface area contributed by atoms with E-state index >= 15 is 0 Å². The molecule has 0 aromatic heterocycles. The van der Waals surface area contributed by atoms with Crippen molar-refractivity contribution in [2.24, 2.45) is 5.92 Å². The van der Waals surface area contributed by atoms with Crippen LogP contribution in [0.25, 0.3) is 0 Å². The Hall–Kier alpha value is -1.58. The zero-order chi connectivity index (χ0) is 16.9. The molecule has 1 amide bonds. The number of ether oxygens (including phenoxy) is 1. The second-order valence-electron chi connectivity index (χ2n) is 7.15. The average Bonchev–Trinajstić information content (AvgIpc) is 2.35. The Bertz CT molecular complexity index is 457. The van der Waals surface area contributed by atoms with Gasteiger partial charge in [-0.05, 0) is 46.0 Å². The summed E-state index contributed by atoms with van der Waals surface area (Å²) < 4.78 is 5.54. The van der Waals surface area contributed by atoms with E-state index in [1.165, 1.54) is 0 Å². The number of unbranched alkanes of at least 4 members (excludes halogenated alkanes) is 1. The molecule has 0 bridgehead atoms. The van der Waals surface area contributed by atoms with Crippen molar-refractivity contribution in [3.05, 3.63) is 24.4 Å². The molecule has 0 N–H and O–H groups in total. The highest BCUT2D eigenvalue weighted by atomic mass is 16.6. The Morgan fingerprint density at radius 3 is 2.64 bits per heavy atom. The highest BCUT2D eigenvalue weighted by molar-refractivity contribution is 5.93. The zero-order valence-corrected chi connectivity index (χ0v) is 14.5. The van der Waals surface area contributed by atoms with Gasteiger partial charge in [-0.1, -0.05) is 19.9 Å². The highest BCUT2D eigenvalue weighted by Gasteiger charge is 2.36. The summed E-state index contributed by atoms with van der Waals surface area (Å²) in [5.74, 6) is 0.284. The third-order valence-electron chi connectivity index (χ3n) is 3.58. The normalized spacial score (nSPS) is 19.2. The van der Waals surface area contributed by atoms with Gasteiger partial charge in [-0.15, -0.1) is 6.58 Å². The van der Waals surface area contributed by atoms with Gasteiger partial charge in [-0.3, -0.25) is 9.69 Å².